The van der Waals surface area contributed by atoms with Crippen molar-refractivity contribution in [1.82, 2.24) is 0 Å². The van der Waals surface area contributed by atoms with Crippen LogP contribution >= 0.6 is 11.6 Å². The monoisotopic (exact) mass is 498 g/mol. The molecule has 3 aliphatic heterocycles. The molecule has 0 aromatic carbocycles. The van der Waals surface area contributed by atoms with Gasteiger partial charge < -0.3 is 29.2 Å². The normalized spacial score (nSPS) is 48.1. The Labute approximate surface area is 203 Å². The van der Waals surface area contributed by atoms with Crippen LogP contribution in [0.1, 0.15) is 40.5 Å². The molecule has 188 valence electrons. The van der Waals surface area contributed by atoms with Gasteiger partial charge >= 0.3 is 17.9 Å². The zero-order valence-electron chi connectivity index (χ0n) is 19.7. The molecule has 4 rings (SSSR count). The molecule has 1 spiro atoms. The molecule has 9 nitrogen and oxygen atoms in total. The van der Waals surface area contributed by atoms with Crippen molar-refractivity contribution in [3.63, 3.8) is 0 Å². The number of alkyl halides is 1. The summed E-state index contributed by atoms with van der Waals surface area (Å²) < 4.78 is 23.5. The fourth-order valence-corrected chi connectivity index (χ4v) is 6.85. The van der Waals surface area contributed by atoms with E-state index in [1.165, 1.54) is 13.8 Å². The number of hydrogen-bond acceptors (Lipinski definition) is 9. The Morgan fingerprint density at radius 2 is 1.79 bits per heavy atom. The van der Waals surface area contributed by atoms with E-state index in [1.807, 2.05) is 0 Å². The highest BCUT2D eigenvalue weighted by molar-refractivity contribution is 6.23. The topological polar surface area (TPSA) is 129 Å². The standard InChI is InChI=1S/C24H31ClO9/c1-9-7-8-14(31-12(4)26)23(6)15(9)20(32-13(5)27)24-11(3)22(30)33-21(24)16(25)10(2)18(34-24)17(28)19(23)29/h11,14-21,28-29H,1-2,7-8H2,3-6H3/t11-,14-,15+,16-,17+,18-,19-,20-,21-,23-,24+/m0/s1. The van der Waals surface area contributed by atoms with Gasteiger partial charge in [0, 0.05) is 25.2 Å². The summed E-state index contributed by atoms with van der Waals surface area (Å²) in [6.45, 7) is 13.9. The molecular formula is C24H31ClO9. The molecule has 34 heavy (non-hydrogen) atoms. The largest absolute Gasteiger partial charge is 0.462 e. The molecular weight excluding hydrogens is 468 g/mol. The second-order valence-corrected chi connectivity index (χ2v) is 10.5. The van der Waals surface area contributed by atoms with Gasteiger partial charge in [0.1, 0.15) is 24.4 Å². The van der Waals surface area contributed by atoms with Gasteiger partial charge in [0.25, 0.3) is 0 Å². The molecule has 11 atom stereocenters. The molecule has 1 aliphatic carbocycles. The summed E-state index contributed by atoms with van der Waals surface area (Å²) in [7, 11) is 0. The van der Waals surface area contributed by atoms with Crippen LogP contribution in [-0.2, 0) is 33.3 Å². The van der Waals surface area contributed by atoms with Crippen molar-refractivity contribution in [2.75, 3.05) is 0 Å². The van der Waals surface area contributed by atoms with Gasteiger partial charge in [-0.3, -0.25) is 14.4 Å². The highest BCUT2D eigenvalue weighted by Gasteiger charge is 2.74. The first-order valence-electron chi connectivity index (χ1n) is 11.4. The highest BCUT2D eigenvalue weighted by atomic mass is 35.5. The Morgan fingerprint density at radius 3 is 2.38 bits per heavy atom. The van der Waals surface area contributed by atoms with E-state index in [0.29, 0.717) is 18.4 Å². The molecule has 0 aromatic rings. The van der Waals surface area contributed by atoms with Gasteiger partial charge in [0.05, 0.1) is 17.4 Å². The van der Waals surface area contributed by atoms with Crippen molar-refractivity contribution in [3.05, 3.63) is 24.3 Å². The lowest BCUT2D eigenvalue weighted by atomic mass is 9.53. The van der Waals surface area contributed by atoms with Crippen LogP contribution in [0.4, 0.5) is 0 Å². The van der Waals surface area contributed by atoms with Crippen LogP contribution in [0.15, 0.2) is 24.3 Å². The predicted octanol–water partition coefficient (Wildman–Crippen LogP) is 1.42. The number of ether oxygens (including phenoxy) is 4. The molecule has 0 amide bonds. The van der Waals surface area contributed by atoms with Crippen LogP contribution in [0.25, 0.3) is 0 Å². The molecule has 3 heterocycles. The van der Waals surface area contributed by atoms with E-state index >= 15 is 0 Å². The second-order valence-electron chi connectivity index (χ2n) is 10.1. The van der Waals surface area contributed by atoms with Crippen LogP contribution < -0.4 is 0 Å². The average Bonchev–Trinajstić information content (AvgIpc) is 3.01. The molecule has 0 aromatic heterocycles. The quantitative estimate of drug-likeness (QED) is 0.251. The molecule has 2 N–H and O–H groups in total. The SMILES string of the molecule is C=C1CC[C@H](OC(C)=O)[C@@]2(C)[C@H]1[C@H](OC(C)=O)[C@@]13O[C@@H](C(=C)[C@H](Cl)[C@@H]1OC(=O)[C@@H]3C)[C@@H](O)[C@@H]2O. The third kappa shape index (κ3) is 3.27. The van der Waals surface area contributed by atoms with Gasteiger partial charge in [-0.15, -0.1) is 11.6 Å². The number of halogens is 1. The van der Waals surface area contributed by atoms with Gasteiger partial charge in [-0.25, -0.2) is 0 Å². The minimum Gasteiger partial charge on any atom is -0.462 e. The number of aliphatic hydroxyl groups is 2. The summed E-state index contributed by atoms with van der Waals surface area (Å²) in [5.74, 6) is -3.62. The van der Waals surface area contributed by atoms with E-state index in [4.69, 9.17) is 30.5 Å². The van der Waals surface area contributed by atoms with E-state index in [0.717, 1.165) is 0 Å². The van der Waals surface area contributed by atoms with Crippen LogP contribution in [0.5, 0.6) is 0 Å². The average molecular weight is 499 g/mol. The lowest BCUT2D eigenvalue weighted by Crippen LogP contribution is -2.74. The fraction of sp³-hybridized carbons (Fsp3) is 0.708. The zero-order chi connectivity index (χ0) is 25.3. The highest BCUT2D eigenvalue weighted by Crippen LogP contribution is 2.60. The first kappa shape index (κ1) is 25.2. The maximum Gasteiger partial charge on any atom is 0.312 e. The van der Waals surface area contributed by atoms with E-state index in [1.54, 1.807) is 13.8 Å². The van der Waals surface area contributed by atoms with Crippen LogP contribution in [0, 0.1) is 17.3 Å². The van der Waals surface area contributed by atoms with E-state index in [9.17, 15) is 24.6 Å². The van der Waals surface area contributed by atoms with Gasteiger partial charge in [-0.2, -0.15) is 0 Å². The third-order valence-corrected chi connectivity index (χ3v) is 8.69. The van der Waals surface area contributed by atoms with Crippen LogP contribution in [0.2, 0.25) is 0 Å². The second kappa shape index (κ2) is 8.33. The maximum atomic E-state index is 12.9. The minimum atomic E-state index is -1.60. The Kier molecular flexibility index (Phi) is 6.16. The zero-order valence-corrected chi connectivity index (χ0v) is 20.4. The Balaban J connectivity index is 2.01. The number of esters is 3. The van der Waals surface area contributed by atoms with Crippen LogP contribution in [0.3, 0.4) is 0 Å². The summed E-state index contributed by atoms with van der Waals surface area (Å²) in [6.07, 6.45) is -6.62. The number of fused-ring (bicyclic) bond motifs is 2. The minimum absolute atomic E-state index is 0.220. The van der Waals surface area contributed by atoms with Crippen molar-refractivity contribution in [1.29, 1.82) is 0 Å². The molecule has 0 radical (unpaired) electrons. The number of hydrogen-bond donors (Lipinski definition) is 2. The van der Waals surface area contributed by atoms with Gasteiger partial charge in [-0.1, -0.05) is 25.7 Å². The molecule has 3 saturated heterocycles. The van der Waals surface area contributed by atoms with Crippen molar-refractivity contribution in [2.24, 2.45) is 17.3 Å². The lowest BCUT2D eigenvalue weighted by Gasteiger charge is -2.61. The van der Waals surface area contributed by atoms with Crippen molar-refractivity contribution >= 4 is 29.5 Å². The first-order chi connectivity index (χ1) is 15.8. The molecule has 10 heteroatoms. The van der Waals surface area contributed by atoms with Gasteiger partial charge in [0.2, 0.25) is 0 Å². The lowest BCUT2D eigenvalue weighted by molar-refractivity contribution is -0.290. The third-order valence-electron chi connectivity index (χ3n) is 8.19. The summed E-state index contributed by atoms with van der Waals surface area (Å²) >= 11 is 6.70. The predicted molar refractivity (Wildman–Crippen MR) is 119 cm³/mol. The van der Waals surface area contributed by atoms with Crippen LogP contribution in [-0.4, -0.2) is 75.7 Å². The van der Waals surface area contributed by atoms with Crippen molar-refractivity contribution < 1.29 is 43.5 Å². The summed E-state index contributed by atoms with van der Waals surface area (Å²) in [5.41, 5.74) is -2.14. The van der Waals surface area contributed by atoms with E-state index in [2.05, 4.69) is 13.2 Å². The number of carbonyl (C=O) groups is 3. The van der Waals surface area contributed by atoms with Gasteiger partial charge in [-0.05, 0) is 25.3 Å². The van der Waals surface area contributed by atoms with Gasteiger partial charge in [0.15, 0.2) is 11.7 Å². The smallest absolute Gasteiger partial charge is 0.312 e. The Morgan fingerprint density at radius 1 is 1.18 bits per heavy atom. The first-order valence-corrected chi connectivity index (χ1v) is 11.8. The fourth-order valence-electron chi connectivity index (χ4n) is 6.48. The molecule has 0 unspecified atom stereocenters. The number of carbonyl (C=O) groups excluding carboxylic acids is 3. The molecule has 1 saturated carbocycles. The summed E-state index contributed by atoms with van der Waals surface area (Å²) in [4.78, 5) is 37.2. The van der Waals surface area contributed by atoms with Crippen molar-refractivity contribution in [3.8, 4) is 0 Å². The summed E-state index contributed by atoms with van der Waals surface area (Å²) in [5, 5.41) is 22.0. The summed E-state index contributed by atoms with van der Waals surface area (Å²) in [6, 6.07) is 0. The van der Waals surface area contributed by atoms with E-state index < -0.39 is 82.8 Å². The van der Waals surface area contributed by atoms with E-state index in [-0.39, 0.29) is 5.57 Å². The number of aliphatic hydroxyl groups excluding tert-OH is 2. The Bertz CT molecular complexity index is 949. The Hall–Kier alpha value is -1.94. The van der Waals surface area contributed by atoms with Crippen molar-refractivity contribution in [2.45, 2.75) is 88.1 Å². The molecule has 4 aliphatic rings. The number of rotatable bonds is 2. The molecule has 2 bridgehead atoms. The maximum absolute atomic E-state index is 12.9. The molecule has 4 fully saturated rings.